The lowest BCUT2D eigenvalue weighted by atomic mass is 10.0. The Morgan fingerprint density at radius 2 is 0.210 bits per heavy atom. The van der Waals surface area contributed by atoms with Gasteiger partial charge in [0.15, 0.2) is 163 Å². The van der Waals surface area contributed by atoms with Crippen molar-refractivity contribution in [3.05, 3.63) is 298 Å². The number of nitrogens with zero attached hydrogens (tertiary/aromatic N) is 3. The van der Waals surface area contributed by atoms with E-state index in [0.717, 1.165) is 36.4 Å². The first-order valence-corrected chi connectivity index (χ1v) is 33.7. The third-order valence-electron chi connectivity index (χ3n) is 19.6. The third kappa shape index (κ3) is 12.4. The number of halogens is 35. The number of hydrogen-bond acceptors (Lipinski definition) is 3. The number of H-pyrrole nitrogens is 5. The first-order valence-electron chi connectivity index (χ1n) is 33.7. The van der Waals surface area contributed by atoms with E-state index in [1.807, 2.05) is 0 Å². The molecule has 3 aliphatic rings. The molecular weight excluding hydrogens is 1750 g/mol. The van der Waals surface area contributed by atoms with Crippen molar-refractivity contribution in [3.8, 4) is 77.9 Å². The first-order chi connectivity index (χ1) is 58.6. The smallest absolute Gasteiger partial charge is 0.200 e. The Hall–Kier alpha value is -14.6. The summed E-state index contributed by atoms with van der Waals surface area (Å²) in [5.74, 6) is -89.1. The van der Waals surface area contributed by atoms with Crippen LogP contribution in [-0.4, -0.2) is 39.9 Å². The Labute approximate surface area is 659 Å². The largest absolute Gasteiger partial charge is 0.354 e. The molecule has 0 unspecified atom stereocenters. The summed E-state index contributed by atoms with van der Waals surface area (Å²) in [5.41, 5.74) is -31.9. The van der Waals surface area contributed by atoms with Gasteiger partial charge >= 0.3 is 0 Å². The molecule has 7 aromatic carbocycles. The Morgan fingerprint density at radius 3 is 0.347 bits per heavy atom. The molecule has 17 rings (SSSR count). The molecule has 0 saturated heterocycles. The fourth-order valence-corrected chi connectivity index (χ4v) is 14.0. The summed E-state index contributed by atoms with van der Waals surface area (Å²) >= 11 is 0. The minimum atomic E-state index is -2.72. The van der Waals surface area contributed by atoms with Crippen molar-refractivity contribution in [3.63, 3.8) is 0 Å². The van der Waals surface area contributed by atoms with Gasteiger partial charge < -0.3 is 24.9 Å². The molecule has 7 aromatic heterocycles. The molecule has 3 aliphatic heterocycles. The molecule has 14 aromatic rings. The minimum Gasteiger partial charge on any atom is -0.354 e. The highest BCUT2D eigenvalue weighted by Gasteiger charge is 2.39. The Bertz CT molecular complexity index is 6960. The van der Waals surface area contributed by atoms with E-state index in [9.17, 15) is 92.2 Å². The molecule has 16 bridgehead atoms. The lowest BCUT2D eigenvalue weighted by Crippen LogP contribution is -2.06. The van der Waals surface area contributed by atoms with Gasteiger partial charge in [0.25, 0.3) is 0 Å². The Kier molecular flexibility index (Phi) is 20.1. The standard InChI is InChI=1S/C44H10F20N4.C37H11F15N4/c45-25-21(26(46)34(54)41(61)33(25)53)17-9-1-2-10(65-9)18(22-27(47)35(55)42(62)36(56)28(22)48)12-5-6-14(67-12)20(24-31(51)39(59)44(64)40(60)32(24)52)16-8-7-15(68-16)19(13-4-3-11(17)66-13)23-29(49)37(57)43(63)38(58)30(23)50;38-23-20(24(39)30(45)35(50)29(23)44)17-11-3-1-9(53-11)10-2-4-12(54-10)18(21-25(40)31(46)36(51)32(47)26(21)41)14-6-8-16(56-14)19(15-7-5-13(17)55-15)22-27(42)33(48)37(52)34(49)28(22)43/h1-8,65,68H;1-8,53-55H. The van der Waals surface area contributed by atoms with Gasteiger partial charge in [0.05, 0.1) is 84.1 Å². The number of aromatic amines is 5. The Morgan fingerprint density at radius 1 is 0.113 bits per heavy atom. The molecule has 43 heteroatoms. The summed E-state index contributed by atoms with van der Waals surface area (Å²) in [6.07, 6.45) is 4.04. The van der Waals surface area contributed by atoms with Crippen LogP contribution in [0.2, 0.25) is 0 Å². The van der Waals surface area contributed by atoms with Gasteiger partial charge in [-0.1, -0.05) is 0 Å². The van der Waals surface area contributed by atoms with Crippen molar-refractivity contribution in [2.75, 3.05) is 0 Å². The second-order valence-electron chi connectivity index (χ2n) is 26.3. The predicted octanol–water partition coefficient (Wildman–Crippen LogP) is 25.9. The van der Waals surface area contributed by atoms with Crippen molar-refractivity contribution >= 4 is 91.6 Å². The van der Waals surface area contributed by atoms with E-state index in [-0.39, 0.29) is 11.0 Å². The fraction of sp³-hybridized carbons (Fsp3) is 0. The highest BCUT2D eigenvalue weighted by Crippen LogP contribution is 2.48. The van der Waals surface area contributed by atoms with E-state index < -0.39 is 360 Å². The van der Waals surface area contributed by atoms with Gasteiger partial charge in [0.1, 0.15) is 0 Å². The number of benzene rings is 7. The molecule has 5 N–H and O–H groups in total. The van der Waals surface area contributed by atoms with E-state index in [4.69, 9.17) is 0 Å². The predicted molar refractivity (Wildman–Crippen MR) is 371 cm³/mol. The molecule has 0 amide bonds. The van der Waals surface area contributed by atoms with Gasteiger partial charge in [-0.25, -0.2) is 169 Å². The zero-order valence-corrected chi connectivity index (χ0v) is 58.8. The molecule has 0 atom stereocenters. The highest BCUT2D eigenvalue weighted by atomic mass is 19.2. The van der Waals surface area contributed by atoms with Crippen molar-refractivity contribution in [2.45, 2.75) is 0 Å². The van der Waals surface area contributed by atoms with Crippen LogP contribution in [0.5, 0.6) is 0 Å². The molecule has 0 fully saturated rings. The van der Waals surface area contributed by atoms with E-state index in [1.54, 1.807) is 0 Å². The van der Waals surface area contributed by atoms with Crippen LogP contribution in [-0.2, 0) is 0 Å². The van der Waals surface area contributed by atoms with Crippen molar-refractivity contribution in [1.82, 2.24) is 39.9 Å². The van der Waals surface area contributed by atoms with E-state index in [2.05, 4.69) is 39.9 Å². The van der Waals surface area contributed by atoms with Gasteiger partial charge in [0, 0.05) is 83.1 Å². The van der Waals surface area contributed by atoms with Crippen molar-refractivity contribution in [1.29, 1.82) is 0 Å². The molecule has 630 valence electrons. The van der Waals surface area contributed by atoms with Crippen LogP contribution >= 0.6 is 0 Å². The van der Waals surface area contributed by atoms with Crippen LogP contribution in [0, 0.1) is 204 Å². The van der Waals surface area contributed by atoms with Crippen molar-refractivity contribution in [2.24, 2.45) is 0 Å². The van der Waals surface area contributed by atoms with Gasteiger partial charge in [0.2, 0.25) is 40.7 Å². The summed E-state index contributed by atoms with van der Waals surface area (Å²) in [6.45, 7) is 0. The molecule has 10 heterocycles. The van der Waals surface area contributed by atoms with E-state index in [0.29, 0.717) is 48.6 Å². The fourth-order valence-electron chi connectivity index (χ4n) is 14.0. The van der Waals surface area contributed by atoms with Gasteiger partial charge in [-0.2, -0.15) is 0 Å². The van der Waals surface area contributed by atoms with Crippen molar-refractivity contribution < 1.29 is 154 Å². The number of rotatable bonds is 7. The summed E-state index contributed by atoms with van der Waals surface area (Å²) in [5, 5.41) is 0. The zero-order chi connectivity index (χ0) is 89.5. The minimum absolute atomic E-state index is 0.0733. The molecule has 0 aliphatic carbocycles. The zero-order valence-electron chi connectivity index (χ0n) is 58.8. The number of nitrogens with one attached hydrogen (secondary N) is 5. The summed E-state index contributed by atoms with van der Waals surface area (Å²) in [4.78, 5) is 24.1. The number of fused-ring (bicyclic) bond motifs is 17. The number of aromatic nitrogens is 8. The second-order valence-corrected chi connectivity index (χ2v) is 26.3. The quantitative estimate of drug-likeness (QED) is 0.0621. The summed E-state index contributed by atoms with van der Waals surface area (Å²) in [7, 11) is 0. The summed E-state index contributed by atoms with van der Waals surface area (Å²) < 4.78 is 526. The lowest BCUT2D eigenvalue weighted by Gasteiger charge is -2.12. The SMILES string of the molecule is Fc1c(F)c(F)c(-c2c3nc(c(-c4c(F)c(F)c(F)c(F)c4F)c4ccc([nH]4)c(-c4c(F)c(F)c(F)c(F)c4F)c4nc(c(-c5c(F)c(F)c(F)c(F)c5F)c5ccc2[nH]5)C=C4)C=C3)c(F)c1F.Fc1c(F)c(F)c(-c2c3nc(c(-c4c(F)c(F)c(F)c(F)c4F)c4ccc([nH]4)c4ccc([nH]4)c(-c4c(F)c(F)c(F)c(F)c4F)c4ccc2[nH]4)C=C3)c(F)c1F. The van der Waals surface area contributed by atoms with Crippen LogP contribution in [0.1, 0.15) is 34.2 Å². The van der Waals surface area contributed by atoms with Crippen LogP contribution in [0.3, 0.4) is 0 Å². The highest BCUT2D eigenvalue weighted by molar-refractivity contribution is 6.03. The second kappa shape index (κ2) is 29.9. The van der Waals surface area contributed by atoms with Crippen LogP contribution in [0.15, 0.2) is 60.7 Å². The number of hydrogen-bond donors (Lipinski definition) is 5. The monoisotopic (exact) mass is 1770 g/mol. The first kappa shape index (κ1) is 83.1. The molecule has 124 heavy (non-hydrogen) atoms. The van der Waals surface area contributed by atoms with Gasteiger partial charge in [-0.05, 0) is 97.1 Å². The average Bonchev–Trinajstić information content (AvgIpc) is 1.57. The molecule has 0 radical (unpaired) electrons. The maximum atomic E-state index is 15.8. The molecular formula is C81H21F35N8. The van der Waals surface area contributed by atoms with Crippen LogP contribution in [0.4, 0.5) is 154 Å². The topological polar surface area (TPSA) is 118 Å². The van der Waals surface area contributed by atoms with Gasteiger partial charge in [-0.3, -0.25) is 0 Å². The average molecular weight is 1770 g/mol. The maximum Gasteiger partial charge on any atom is 0.200 e. The third-order valence-corrected chi connectivity index (χ3v) is 19.6. The normalized spacial score (nSPS) is 12.2. The van der Waals surface area contributed by atoms with Crippen LogP contribution in [0.25, 0.3) is 170 Å². The molecule has 8 nitrogen and oxygen atoms in total. The molecule has 0 spiro atoms. The van der Waals surface area contributed by atoms with Crippen LogP contribution < -0.4 is 0 Å². The summed E-state index contributed by atoms with van der Waals surface area (Å²) in [6, 6.07) is 8.68. The lowest BCUT2D eigenvalue weighted by molar-refractivity contribution is 0.381. The van der Waals surface area contributed by atoms with E-state index >= 15 is 61.5 Å². The van der Waals surface area contributed by atoms with Gasteiger partial charge in [-0.15, -0.1) is 0 Å². The Balaban J connectivity index is 0.000000187. The molecule has 0 saturated carbocycles. The maximum absolute atomic E-state index is 15.8. The van der Waals surface area contributed by atoms with E-state index in [1.165, 1.54) is 12.1 Å².